The quantitative estimate of drug-likeness (QED) is 0.490. The number of aliphatic hydroxyl groups excluding tert-OH is 2. The van der Waals surface area contributed by atoms with Crippen LogP contribution >= 0.6 is 0 Å². The van der Waals surface area contributed by atoms with Crippen molar-refractivity contribution in [2.24, 2.45) is 23.2 Å². The zero-order valence-corrected chi connectivity index (χ0v) is 19.8. The molecule has 31 heavy (non-hydrogen) atoms. The molecule has 4 heteroatoms. The fraction of sp³-hybridized carbons (Fsp3) is 0.778. The molecule has 3 saturated carbocycles. The monoisotopic (exact) mass is 436 g/mol. The van der Waals surface area contributed by atoms with Crippen molar-refractivity contribution < 1.29 is 19.0 Å². The predicted octanol–water partition coefficient (Wildman–Crippen LogP) is 6.63. The van der Waals surface area contributed by atoms with Gasteiger partial charge in [0.25, 0.3) is 0 Å². The number of fused-ring (bicyclic) bond motifs is 1. The first-order valence-corrected chi connectivity index (χ1v) is 12.2. The molecular weight excluding hydrogens is 394 g/mol. The van der Waals surface area contributed by atoms with E-state index in [1.165, 1.54) is 25.8 Å². The van der Waals surface area contributed by atoms with Gasteiger partial charge in [-0.3, -0.25) is 0 Å². The van der Waals surface area contributed by atoms with Crippen molar-refractivity contribution in [3.63, 3.8) is 0 Å². The Morgan fingerprint density at radius 1 is 1.23 bits per heavy atom. The van der Waals surface area contributed by atoms with E-state index in [0.717, 1.165) is 43.3 Å². The Morgan fingerprint density at radius 3 is 2.61 bits per heavy atom. The molecule has 2 N–H and O–H groups in total. The van der Waals surface area contributed by atoms with Crippen molar-refractivity contribution >= 4 is 0 Å². The van der Waals surface area contributed by atoms with Crippen LogP contribution in [0.15, 0.2) is 35.5 Å². The van der Waals surface area contributed by atoms with Crippen LogP contribution in [0.25, 0.3) is 0 Å². The number of hydrogen-bond acceptors (Lipinski definition) is 2. The molecule has 0 bridgehead atoms. The molecule has 0 heterocycles. The van der Waals surface area contributed by atoms with Crippen molar-refractivity contribution in [1.29, 1.82) is 0 Å². The Kier molecular flexibility index (Phi) is 7.53. The van der Waals surface area contributed by atoms with Crippen LogP contribution in [0.1, 0.15) is 85.5 Å². The van der Waals surface area contributed by atoms with Crippen LogP contribution < -0.4 is 0 Å². The molecule has 3 rings (SSSR count). The summed E-state index contributed by atoms with van der Waals surface area (Å²) in [6.45, 7) is 11.3. The highest BCUT2D eigenvalue weighted by Crippen LogP contribution is 2.60. The number of hydrogen-bond donors (Lipinski definition) is 2. The molecule has 7 atom stereocenters. The summed E-state index contributed by atoms with van der Waals surface area (Å²) in [6.07, 6.45) is 9.42. The first-order chi connectivity index (χ1) is 14.4. The highest BCUT2D eigenvalue weighted by Gasteiger charge is 2.50. The Balaban J connectivity index is 1.71. The lowest BCUT2D eigenvalue weighted by molar-refractivity contribution is 0.0581. The number of allylic oxidation sites excluding steroid dienone is 3. The lowest BCUT2D eigenvalue weighted by Gasteiger charge is -2.44. The molecule has 0 saturated heterocycles. The van der Waals surface area contributed by atoms with E-state index in [4.69, 9.17) is 0 Å². The van der Waals surface area contributed by atoms with E-state index in [1.807, 2.05) is 0 Å². The molecule has 0 aromatic rings. The topological polar surface area (TPSA) is 40.5 Å². The second kappa shape index (κ2) is 9.47. The van der Waals surface area contributed by atoms with E-state index >= 15 is 0 Å². The maximum absolute atomic E-state index is 14.2. The van der Waals surface area contributed by atoms with Gasteiger partial charge in [-0.05, 0) is 99.5 Å². The highest BCUT2D eigenvalue weighted by molar-refractivity contribution is 5.38. The molecule has 0 amide bonds. The van der Waals surface area contributed by atoms with Gasteiger partial charge >= 0.3 is 0 Å². The van der Waals surface area contributed by atoms with Gasteiger partial charge in [0, 0.05) is 6.42 Å². The van der Waals surface area contributed by atoms with Crippen molar-refractivity contribution in [3.8, 4) is 0 Å². The maximum Gasteiger partial charge on any atom is 0.136 e. The number of halogens is 2. The summed E-state index contributed by atoms with van der Waals surface area (Å²) in [5, 5.41) is 20.1. The predicted molar refractivity (Wildman–Crippen MR) is 123 cm³/mol. The van der Waals surface area contributed by atoms with Gasteiger partial charge in [-0.2, -0.15) is 0 Å². The molecule has 0 radical (unpaired) electrons. The first kappa shape index (κ1) is 24.6. The minimum atomic E-state index is -1.76. The molecule has 176 valence electrons. The average molecular weight is 437 g/mol. The first-order valence-electron chi connectivity index (χ1n) is 12.2. The van der Waals surface area contributed by atoms with Crippen molar-refractivity contribution in [2.75, 3.05) is 0 Å². The van der Waals surface area contributed by atoms with Gasteiger partial charge in [0.05, 0.1) is 12.2 Å². The van der Waals surface area contributed by atoms with Crippen LogP contribution in [0.5, 0.6) is 0 Å². The summed E-state index contributed by atoms with van der Waals surface area (Å²) in [5.74, 6) is 1.45. The third kappa shape index (κ3) is 5.33. The van der Waals surface area contributed by atoms with E-state index in [0.29, 0.717) is 37.0 Å². The molecule has 0 aromatic carbocycles. The number of alkyl halides is 2. The minimum Gasteiger partial charge on any atom is -0.393 e. The van der Waals surface area contributed by atoms with E-state index in [1.54, 1.807) is 0 Å². The summed E-state index contributed by atoms with van der Waals surface area (Å²) in [5.41, 5.74) is 1.60. The Morgan fingerprint density at radius 2 is 1.94 bits per heavy atom. The standard InChI is InChI=1S/C27H42F2O2/c1-17(8-13-25(28)26(3,4)29)22-11-12-23-19(7-6-14-27(22,23)5)9-10-20-15-21(30)16-24(31)18(20)2/h9-10,17,21-25,30-31H,2,6-8,11-16H2,1,3-5H3/b19-9+,20-10-/t17-,21-,22-,23+,24+,25?,27-/m1/s1. The van der Waals surface area contributed by atoms with Crippen LogP contribution in [0, 0.1) is 23.2 Å². The van der Waals surface area contributed by atoms with E-state index in [-0.39, 0.29) is 5.41 Å². The minimum absolute atomic E-state index is 0.210. The van der Waals surface area contributed by atoms with Gasteiger partial charge in [-0.25, -0.2) is 8.78 Å². The van der Waals surface area contributed by atoms with Crippen LogP contribution in [0.3, 0.4) is 0 Å². The Bertz CT molecular complexity index is 719. The normalized spacial score (nSPS) is 39.0. The third-order valence-electron chi connectivity index (χ3n) is 8.61. The third-order valence-corrected chi connectivity index (χ3v) is 8.61. The summed E-state index contributed by atoms with van der Waals surface area (Å²) in [7, 11) is 0. The zero-order chi connectivity index (χ0) is 23.0. The summed E-state index contributed by atoms with van der Waals surface area (Å²) >= 11 is 0. The van der Waals surface area contributed by atoms with E-state index < -0.39 is 24.0 Å². The molecule has 3 aliphatic rings. The van der Waals surface area contributed by atoms with Gasteiger partial charge in [0.1, 0.15) is 11.8 Å². The van der Waals surface area contributed by atoms with Crippen LogP contribution in [-0.4, -0.2) is 34.3 Å². The second-order valence-corrected chi connectivity index (χ2v) is 11.3. The number of aliphatic hydroxyl groups is 2. The van der Waals surface area contributed by atoms with Gasteiger partial charge in [0.2, 0.25) is 0 Å². The largest absolute Gasteiger partial charge is 0.393 e. The maximum atomic E-state index is 14.2. The smallest absolute Gasteiger partial charge is 0.136 e. The van der Waals surface area contributed by atoms with Gasteiger partial charge in [-0.15, -0.1) is 0 Å². The zero-order valence-electron chi connectivity index (χ0n) is 19.8. The van der Waals surface area contributed by atoms with Crippen molar-refractivity contribution in [2.45, 2.75) is 110 Å². The Labute approximate surface area is 187 Å². The molecule has 0 spiro atoms. The molecule has 3 aliphatic carbocycles. The van der Waals surface area contributed by atoms with Crippen LogP contribution in [0.4, 0.5) is 8.78 Å². The van der Waals surface area contributed by atoms with Gasteiger partial charge < -0.3 is 10.2 Å². The van der Waals surface area contributed by atoms with Crippen LogP contribution in [-0.2, 0) is 0 Å². The molecule has 1 unspecified atom stereocenters. The van der Waals surface area contributed by atoms with Crippen molar-refractivity contribution in [1.82, 2.24) is 0 Å². The lowest BCUT2D eigenvalue weighted by atomic mass is 9.60. The Hall–Kier alpha value is -1.00. The van der Waals surface area contributed by atoms with Gasteiger partial charge in [-0.1, -0.05) is 38.2 Å². The SMILES string of the molecule is C=C1/C(=C\C=C2/CCC[C@]3(C)[C@@H]([C@H](C)CCC(F)C(C)(C)F)CC[C@@H]23)C[C@@H](O)C[C@@H]1O. The van der Waals surface area contributed by atoms with E-state index in [2.05, 4.69) is 32.6 Å². The molecular formula is C27H42F2O2. The van der Waals surface area contributed by atoms with Crippen molar-refractivity contribution in [3.05, 3.63) is 35.5 Å². The summed E-state index contributed by atoms with van der Waals surface area (Å²) in [4.78, 5) is 0. The van der Waals surface area contributed by atoms with E-state index in [9.17, 15) is 19.0 Å². The summed E-state index contributed by atoms with van der Waals surface area (Å²) < 4.78 is 28.1. The van der Waals surface area contributed by atoms with Crippen LogP contribution in [0.2, 0.25) is 0 Å². The molecule has 0 aromatic heterocycles. The average Bonchev–Trinajstić information content (AvgIpc) is 3.04. The number of rotatable bonds is 6. The fourth-order valence-electron chi connectivity index (χ4n) is 6.63. The molecule has 2 nitrogen and oxygen atoms in total. The second-order valence-electron chi connectivity index (χ2n) is 11.3. The highest BCUT2D eigenvalue weighted by atomic mass is 19.2. The molecule has 3 fully saturated rings. The fourth-order valence-corrected chi connectivity index (χ4v) is 6.63. The lowest BCUT2D eigenvalue weighted by Crippen LogP contribution is -2.36. The summed E-state index contributed by atoms with van der Waals surface area (Å²) in [6, 6.07) is 0. The van der Waals surface area contributed by atoms with Gasteiger partial charge in [0.15, 0.2) is 0 Å². The molecule has 0 aliphatic heterocycles.